The van der Waals surface area contributed by atoms with Gasteiger partial charge < -0.3 is 10.1 Å². The predicted octanol–water partition coefficient (Wildman–Crippen LogP) is 2.34. The van der Waals surface area contributed by atoms with Crippen LogP contribution in [0.15, 0.2) is 6.07 Å². The van der Waals surface area contributed by atoms with Gasteiger partial charge >= 0.3 is 5.82 Å². The van der Waals surface area contributed by atoms with Crippen LogP contribution < -0.4 is 0 Å². The van der Waals surface area contributed by atoms with Crippen molar-refractivity contribution < 1.29 is 18.5 Å². The first-order valence-electron chi connectivity index (χ1n) is 3.55. The lowest BCUT2D eigenvalue weighted by Gasteiger charge is -2.02. The Kier molecular flexibility index (Phi) is 3.61. The molecule has 1 heterocycles. The number of hydrogen-bond donors (Lipinski definition) is 0. The molecular formula is C7H3F2IN2O3. The van der Waals surface area contributed by atoms with Crippen molar-refractivity contribution in [2.24, 2.45) is 0 Å². The minimum atomic E-state index is -2.88. The topological polar surface area (TPSA) is 73.1 Å². The molecule has 0 unspecified atom stereocenters. The highest BCUT2D eigenvalue weighted by Crippen LogP contribution is 2.28. The van der Waals surface area contributed by atoms with Gasteiger partial charge in [-0.15, -0.1) is 0 Å². The van der Waals surface area contributed by atoms with Crippen LogP contribution in [0.2, 0.25) is 0 Å². The van der Waals surface area contributed by atoms with Gasteiger partial charge in [-0.1, -0.05) is 0 Å². The summed E-state index contributed by atoms with van der Waals surface area (Å²) in [7, 11) is 0. The molecule has 80 valence electrons. The highest BCUT2D eigenvalue weighted by Gasteiger charge is 2.24. The summed E-state index contributed by atoms with van der Waals surface area (Å²) < 4.78 is 24.6. The summed E-state index contributed by atoms with van der Waals surface area (Å²) in [4.78, 5) is 23.3. The summed E-state index contributed by atoms with van der Waals surface area (Å²) in [5.74, 6) is -0.620. The van der Waals surface area contributed by atoms with Crippen molar-refractivity contribution in [2.45, 2.75) is 6.43 Å². The standard InChI is InChI=1S/C7H3F2IN2O3/c8-6(9)5-3(2-13)1-4(12(14)15)11-7(5)10/h1-2,6H. The fraction of sp³-hybridized carbons (Fsp3) is 0.143. The van der Waals surface area contributed by atoms with Crippen LogP contribution in [0.25, 0.3) is 0 Å². The van der Waals surface area contributed by atoms with Gasteiger partial charge in [0.25, 0.3) is 6.43 Å². The largest absolute Gasteiger partial charge is 0.365 e. The molecule has 0 fully saturated rings. The maximum Gasteiger partial charge on any atom is 0.365 e. The molecule has 0 bridgehead atoms. The van der Waals surface area contributed by atoms with E-state index in [1.807, 2.05) is 0 Å². The Hall–Kier alpha value is -1.19. The third-order valence-corrected chi connectivity index (χ3v) is 2.39. The molecular weight excluding hydrogens is 325 g/mol. The number of aldehydes is 1. The van der Waals surface area contributed by atoms with Crippen LogP contribution >= 0.6 is 22.6 Å². The Morgan fingerprint density at radius 2 is 2.20 bits per heavy atom. The number of carbonyl (C=O) groups excluding carboxylic acids is 1. The van der Waals surface area contributed by atoms with Crippen LogP contribution in [0.4, 0.5) is 14.6 Å². The highest BCUT2D eigenvalue weighted by molar-refractivity contribution is 14.1. The minimum Gasteiger partial charge on any atom is -0.358 e. The maximum atomic E-state index is 12.4. The van der Waals surface area contributed by atoms with Gasteiger partial charge in [-0.3, -0.25) is 4.79 Å². The highest BCUT2D eigenvalue weighted by atomic mass is 127. The second-order valence-electron chi connectivity index (χ2n) is 2.45. The molecule has 0 radical (unpaired) electrons. The molecule has 15 heavy (non-hydrogen) atoms. The van der Waals surface area contributed by atoms with E-state index in [-0.39, 0.29) is 9.99 Å². The fourth-order valence-corrected chi connectivity index (χ4v) is 1.73. The van der Waals surface area contributed by atoms with Gasteiger partial charge in [0.05, 0.1) is 5.56 Å². The molecule has 1 rings (SSSR count). The smallest absolute Gasteiger partial charge is 0.358 e. The van der Waals surface area contributed by atoms with Crippen LogP contribution in [-0.2, 0) is 0 Å². The Labute approximate surface area is 95.8 Å². The van der Waals surface area contributed by atoms with Crippen LogP contribution in [0, 0.1) is 13.8 Å². The SMILES string of the molecule is O=Cc1cc([N+](=O)[O-])nc(I)c1C(F)F. The average Bonchev–Trinajstić information content (AvgIpc) is 2.15. The van der Waals surface area contributed by atoms with Crippen LogP contribution in [0.3, 0.4) is 0 Å². The fourth-order valence-electron chi connectivity index (χ4n) is 0.936. The number of alkyl halides is 2. The zero-order valence-corrected chi connectivity index (χ0v) is 9.14. The molecule has 8 heteroatoms. The number of hydrogen-bond acceptors (Lipinski definition) is 4. The zero-order chi connectivity index (χ0) is 11.6. The van der Waals surface area contributed by atoms with E-state index in [1.54, 1.807) is 0 Å². The molecule has 0 spiro atoms. The molecule has 0 aliphatic heterocycles. The number of pyridine rings is 1. The number of nitrogens with zero attached hydrogens (tertiary/aromatic N) is 2. The van der Waals surface area contributed by atoms with Gasteiger partial charge in [0.1, 0.15) is 0 Å². The van der Waals surface area contributed by atoms with E-state index in [0.717, 1.165) is 6.07 Å². The lowest BCUT2D eigenvalue weighted by Crippen LogP contribution is -2.03. The number of halogens is 3. The third-order valence-electron chi connectivity index (χ3n) is 1.56. The van der Waals surface area contributed by atoms with E-state index in [1.165, 1.54) is 22.6 Å². The maximum absolute atomic E-state index is 12.4. The molecule has 0 aromatic carbocycles. The average molecular weight is 328 g/mol. The van der Waals surface area contributed by atoms with Crippen LogP contribution in [-0.4, -0.2) is 16.2 Å². The summed E-state index contributed by atoms with van der Waals surface area (Å²) in [5, 5.41) is 10.3. The first-order chi connectivity index (χ1) is 6.97. The molecule has 0 amide bonds. The van der Waals surface area contributed by atoms with Crippen LogP contribution in [0.1, 0.15) is 22.3 Å². The van der Waals surface area contributed by atoms with Gasteiger partial charge in [-0.2, -0.15) is 0 Å². The van der Waals surface area contributed by atoms with Crippen LogP contribution in [0.5, 0.6) is 0 Å². The van der Waals surface area contributed by atoms with Crippen molar-refractivity contribution in [1.82, 2.24) is 4.98 Å². The molecule has 5 nitrogen and oxygen atoms in total. The van der Waals surface area contributed by atoms with Gasteiger partial charge in [0.2, 0.25) is 3.70 Å². The lowest BCUT2D eigenvalue weighted by atomic mass is 10.1. The number of nitro groups is 1. The quantitative estimate of drug-likeness (QED) is 0.281. The second kappa shape index (κ2) is 4.55. The van der Waals surface area contributed by atoms with Gasteiger partial charge in [0.15, 0.2) is 6.29 Å². The third kappa shape index (κ3) is 2.43. The van der Waals surface area contributed by atoms with Gasteiger partial charge in [-0.25, -0.2) is 8.78 Å². The monoisotopic (exact) mass is 328 g/mol. The van der Waals surface area contributed by atoms with E-state index >= 15 is 0 Å². The number of aromatic nitrogens is 1. The second-order valence-corrected chi connectivity index (χ2v) is 3.47. The molecule has 0 aliphatic carbocycles. The van der Waals surface area contributed by atoms with Crippen molar-refractivity contribution in [3.8, 4) is 0 Å². The number of carbonyl (C=O) groups is 1. The van der Waals surface area contributed by atoms with Crippen molar-refractivity contribution in [2.75, 3.05) is 0 Å². The van der Waals surface area contributed by atoms with Gasteiger partial charge in [0, 0.05) is 34.2 Å². The van der Waals surface area contributed by atoms with Crippen molar-refractivity contribution in [3.05, 3.63) is 31.0 Å². The Bertz CT molecular complexity index is 425. The van der Waals surface area contributed by atoms with E-state index in [0.29, 0.717) is 0 Å². The predicted molar refractivity (Wildman–Crippen MR) is 54.0 cm³/mol. The van der Waals surface area contributed by atoms with Crippen molar-refractivity contribution >= 4 is 34.7 Å². The van der Waals surface area contributed by atoms with E-state index in [9.17, 15) is 23.7 Å². The summed E-state index contributed by atoms with van der Waals surface area (Å²) in [5.41, 5.74) is -0.979. The molecule has 0 saturated carbocycles. The first-order valence-corrected chi connectivity index (χ1v) is 4.63. The Balaban J connectivity index is 3.43. The van der Waals surface area contributed by atoms with E-state index < -0.39 is 28.3 Å². The van der Waals surface area contributed by atoms with E-state index in [2.05, 4.69) is 4.98 Å². The minimum absolute atomic E-state index is 0.151. The molecule has 1 aromatic rings. The zero-order valence-electron chi connectivity index (χ0n) is 6.99. The Morgan fingerprint density at radius 3 is 2.60 bits per heavy atom. The summed E-state index contributed by atoms with van der Waals surface area (Å²) in [6.07, 6.45) is -2.73. The molecule has 0 saturated heterocycles. The van der Waals surface area contributed by atoms with Crippen molar-refractivity contribution in [1.29, 1.82) is 0 Å². The summed E-state index contributed by atoms with van der Waals surface area (Å²) in [6.45, 7) is 0. The molecule has 1 aromatic heterocycles. The molecule has 0 atom stereocenters. The summed E-state index contributed by atoms with van der Waals surface area (Å²) in [6, 6.07) is 0.733. The normalized spacial score (nSPS) is 10.4. The van der Waals surface area contributed by atoms with Gasteiger partial charge in [-0.05, 0) is 9.91 Å². The molecule has 0 aliphatic rings. The molecule has 0 N–H and O–H groups in total. The number of rotatable bonds is 3. The van der Waals surface area contributed by atoms with Crippen molar-refractivity contribution in [3.63, 3.8) is 0 Å². The lowest BCUT2D eigenvalue weighted by molar-refractivity contribution is -0.389. The van der Waals surface area contributed by atoms with E-state index in [4.69, 9.17) is 0 Å². The first kappa shape index (κ1) is 11.9. The Morgan fingerprint density at radius 1 is 1.60 bits per heavy atom. The summed E-state index contributed by atoms with van der Waals surface area (Å²) >= 11 is 1.43.